The number of hydrogen-bond acceptors (Lipinski definition) is 1. The van der Waals surface area contributed by atoms with Crippen molar-refractivity contribution in [2.75, 3.05) is 7.05 Å². The number of fused-ring (bicyclic) bond motifs is 1. The molecule has 0 unspecified atom stereocenters. The molecule has 0 radical (unpaired) electrons. The van der Waals surface area contributed by atoms with Gasteiger partial charge in [-0.25, -0.2) is 4.39 Å². The Morgan fingerprint density at radius 2 is 1.68 bits per heavy atom. The minimum Gasteiger partial charge on any atom is -0.388 e. The molecule has 1 aliphatic carbocycles. The van der Waals surface area contributed by atoms with E-state index in [2.05, 4.69) is 68.4 Å². The van der Waals surface area contributed by atoms with E-state index in [0.717, 1.165) is 47.2 Å². The molecule has 0 saturated heterocycles. The fourth-order valence-electron chi connectivity index (χ4n) is 4.64. The second-order valence-corrected chi connectivity index (χ2v) is 9.07. The molecule has 0 saturated carbocycles. The van der Waals surface area contributed by atoms with Crippen molar-refractivity contribution in [3.05, 3.63) is 125 Å². The monoisotopic (exact) mass is 449 g/mol. The summed E-state index contributed by atoms with van der Waals surface area (Å²) < 4.78 is 13.6. The highest BCUT2D eigenvalue weighted by molar-refractivity contribution is 6.04. The molecule has 3 aromatic carbocycles. The topological polar surface area (TPSA) is 12.0 Å². The van der Waals surface area contributed by atoms with Gasteiger partial charge in [0.15, 0.2) is 0 Å². The first-order valence-corrected chi connectivity index (χ1v) is 11.8. The van der Waals surface area contributed by atoms with Crippen LogP contribution in [0.5, 0.6) is 0 Å². The number of nitrogens with one attached hydrogen (secondary N) is 1. The smallest absolute Gasteiger partial charge is 0.123 e. The van der Waals surface area contributed by atoms with Crippen LogP contribution in [0.25, 0.3) is 27.8 Å². The molecule has 0 bridgehead atoms. The third-order valence-corrected chi connectivity index (χ3v) is 6.67. The molecule has 1 nitrogen and oxygen atoms in total. The van der Waals surface area contributed by atoms with Crippen LogP contribution in [0.4, 0.5) is 4.39 Å². The molecule has 0 amide bonds. The van der Waals surface area contributed by atoms with E-state index in [-0.39, 0.29) is 5.82 Å². The van der Waals surface area contributed by atoms with Crippen LogP contribution in [0.2, 0.25) is 0 Å². The van der Waals surface area contributed by atoms with Crippen molar-refractivity contribution in [1.82, 2.24) is 5.32 Å². The third kappa shape index (κ3) is 4.54. The molecule has 34 heavy (non-hydrogen) atoms. The van der Waals surface area contributed by atoms with E-state index >= 15 is 0 Å². The molecule has 0 heterocycles. The van der Waals surface area contributed by atoms with E-state index in [0.29, 0.717) is 0 Å². The predicted octanol–water partition coefficient (Wildman–Crippen LogP) is 8.23. The summed E-state index contributed by atoms with van der Waals surface area (Å²) in [5.41, 5.74) is 13.7. The highest BCUT2D eigenvalue weighted by atomic mass is 19.1. The van der Waals surface area contributed by atoms with Gasteiger partial charge in [0.05, 0.1) is 0 Å². The van der Waals surface area contributed by atoms with E-state index in [9.17, 15) is 4.39 Å². The lowest BCUT2D eigenvalue weighted by Gasteiger charge is -2.17. The average molecular weight is 450 g/mol. The van der Waals surface area contributed by atoms with Crippen LogP contribution in [0.15, 0.2) is 91.7 Å². The van der Waals surface area contributed by atoms with E-state index in [1.54, 1.807) is 0 Å². The highest BCUT2D eigenvalue weighted by Crippen LogP contribution is 2.44. The van der Waals surface area contributed by atoms with Crippen LogP contribution in [-0.2, 0) is 12.8 Å². The number of benzene rings is 3. The van der Waals surface area contributed by atoms with Gasteiger partial charge in [-0.3, -0.25) is 0 Å². The highest BCUT2D eigenvalue weighted by Gasteiger charge is 2.26. The summed E-state index contributed by atoms with van der Waals surface area (Å²) in [5, 5.41) is 3.25. The standard InChI is InChI=1S/C32H32FN/c1-7-21(4)15-26-17-27-18-30(23-11-13-28(33)14-12-23)32(22(5)34-6)31(27)19-29(26)25-10-8-9-24(16-25)20(2)3/h8-14,16-17,19,34H,2,4-5,7,15,18H2,1,3,6H3. The Balaban J connectivity index is 1.94. The first-order chi connectivity index (χ1) is 16.3. The van der Waals surface area contributed by atoms with Gasteiger partial charge in [0.2, 0.25) is 0 Å². The molecule has 4 rings (SSSR count). The van der Waals surface area contributed by atoms with Gasteiger partial charge in [0, 0.05) is 18.3 Å². The van der Waals surface area contributed by atoms with Crippen molar-refractivity contribution in [2.45, 2.75) is 33.1 Å². The molecular weight excluding hydrogens is 417 g/mol. The molecule has 0 atom stereocenters. The van der Waals surface area contributed by atoms with Gasteiger partial charge in [0.25, 0.3) is 0 Å². The normalized spacial score (nSPS) is 12.5. The molecule has 0 aliphatic heterocycles. The van der Waals surface area contributed by atoms with Crippen molar-refractivity contribution >= 4 is 16.7 Å². The first-order valence-electron chi connectivity index (χ1n) is 11.8. The van der Waals surface area contributed by atoms with E-state index in [1.807, 2.05) is 26.1 Å². The van der Waals surface area contributed by atoms with Crippen LogP contribution in [0.3, 0.4) is 0 Å². The largest absolute Gasteiger partial charge is 0.388 e. The average Bonchev–Trinajstić information content (AvgIpc) is 3.21. The van der Waals surface area contributed by atoms with E-state index in [4.69, 9.17) is 0 Å². The Morgan fingerprint density at radius 1 is 0.941 bits per heavy atom. The minimum absolute atomic E-state index is 0.228. The van der Waals surface area contributed by atoms with Crippen molar-refractivity contribution in [3.8, 4) is 11.1 Å². The molecular formula is C32H32FN. The second-order valence-electron chi connectivity index (χ2n) is 9.07. The van der Waals surface area contributed by atoms with Crippen molar-refractivity contribution in [3.63, 3.8) is 0 Å². The van der Waals surface area contributed by atoms with Gasteiger partial charge in [0.1, 0.15) is 5.82 Å². The summed E-state index contributed by atoms with van der Waals surface area (Å²) in [6, 6.07) is 20.0. The van der Waals surface area contributed by atoms with Crippen LogP contribution in [-0.4, -0.2) is 7.05 Å². The maximum atomic E-state index is 13.6. The van der Waals surface area contributed by atoms with Gasteiger partial charge in [-0.1, -0.05) is 74.2 Å². The fraction of sp³-hybridized carbons (Fsp3) is 0.188. The molecule has 0 fully saturated rings. The van der Waals surface area contributed by atoms with Crippen molar-refractivity contribution < 1.29 is 4.39 Å². The Morgan fingerprint density at radius 3 is 2.32 bits per heavy atom. The SMILES string of the molecule is C=C(CC)Cc1cc2c(cc1-c1cccc(C(=C)C)c1)C(C(=C)NC)=C(c1ccc(F)cc1)C2. The Hall–Kier alpha value is -3.65. The van der Waals surface area contributed by atoms with Crippen LogP contribution >= 0.6 is 0 Å². The van der Waals surface area contributed by atoms with Crippen LogP contribution in [0, 0.1) is 5.82 Å². The van der Waals surface area contributed by atoms with Gasteiger partial charge in [-0.2, -0.15) is 0 Å². The molecule has 0 spiro atoms. The van der Waals surface area contributed by atoms with Gasteiger partial charge >= 0.3 is 0 Å². The first kappa shape index (κ1) is 23.5. The van der Waals surface area contributed by atoms with Crippen LogP contribution in [0.1, 0.15) is 48.1 Å². The Kier molecular flexibility index (Phi) is 6.70. The summed E-state index contributed by atoms with van der Waals surface area (Å²) in [6.07, 6.45) is 2.57. The molecule has 1 aliphatic rings. The number of halogens is 1. The summed E-state index contributed by atoms with van der Waals surface area (Å²) >= 11 is 0. The number of rotatable bonds is 8. The van der Waals surface area contributed by atoms with Gasteiger partial charge in [-0.15, -0.1) is 0 Å². The lowest BCUT2D eigenvalue weighted by Crippen LogP contribution is -2.07. The van der Waals surface area contributed by atoms with Crippen molar-refractivity contribution in [2.24, 2.45) is 0 Å². The molecule has 2 heteroatoms. The Bertz CT molecular complexity index is 1320. The number of likely N-dealkylation sites (N-methyl/N-ethyl adjacent to an activating group) is 1. The maximum absolute atomic E-state index is 13.6. The van der Waals surface area contributed by atoms with Gasteiger partial charge in [-0.05, 0) is 95.0 Å². The lowest BCUT2D eigenvalue weighted by atomic mass is 9.88. The third-order valence-electron chi connectivity index (χ3n) is 6.67. The van der Waals surface area contributed by atoms with Gasteiger partial charge < -0.3 is 5.32 Å². The van der Waals surface area contributed by atoms with Crippen LogP contribution < -0.4 is 5.32 Å². The fourth-order valence-corrected chi connectivity index (χ4v) is 4.64. The number of hydrogen-bond donors (Lipinski definition) is 1. The minimum atomic E-state index is -0.228. The molecule has 172 valence electrons. The lowest BCUT2D eigenvalue weighted by molar-refractivity contribution is 0.627. The quantitative estimate of drug-likeness (QED) is 0.342. The second kappa shape index (κ2) is 9.69. The zero-order chi connectivity index (χ0) is 24.4. The summed E-state index contributed by atoms with van der Waals surface area (Å²) in [6.45, 7) is 16.9. The zero-order valence-corrected chi connectivity index (χ0v) is 20.4. The van der Waals surface area contributed by atoms with E-state index in [1.165, 1.54) is 51.1 Å². The number of allylic oxidation sites excluding steroid dienone is 4. The summed E-state index contributed by atoms with van der Waals surface area (Å²) in [7, 11) is 1.90. The van der Waals surface area contributed by atoms with Crippen molar-refractivity contribution in [1.29, 1.82) is 0 Å². The van der Waals surface area contributed by atoms with E-state index < -0.39 is 0 Å². The molecule has 3 aromatic rings. The zero-order valence-electron chi connectivity index (χ0n) is 20.4. The predicted molar refractivity (Wildman–Crippen MR) is 145 cm³/mol. The molecule has 0 aromatic heterocycles. The Labute approximate surface area is 203 Å². The summed E-state index contributed by atoms with van der Waals surface area (Å²) in [5.74, 6) is -0.228. The molecule has 1 N–H and O–H groups in total. The summed E-state index contributed by atoms with van der Waals surface area (Å²) in [4.78, 5) is 0. The maximum Gasteiger partial charge on any atom is 0.123 e.